The number of aromatic amines is 1. The molecule has 1 aliphatic heterocycles. The molecule has 0 spiro atoms. The average Bonchev–Trinajstić information content (AvgIpc) is 1.59. The number of amides is 3. The number of hydrogen-bond acceptors (Lipinski definition) is 26. The Labute approximate surface area is 787 Å². The minimum absolute atomic E-state index is 0.0331. The van der Waals surface area contributed by atoms with E-state index in [-0.39, 0.29) is 53.7 Å². The fourth-order valence-electron chi connectivity index (χ4n) is 10.2. The molecule has 1 saturated heterocycles. The number of hydrogen-bond donors (Lipinski definition) is 5. The number of thioether (sulfide) groups is 1. The first-order chi connectivity index (χ1) is 59.9. The van der Waals surface area contributed by atoms with Gasteiger partial charge < -0.3 is 35.7 Å². The number of nitriles is 1. The van der Waals surface area contributed by atoms with Crippen molar-refractivity contribution in [2.24, 2.45) is 15.0 Å². The average molecular weight is 2130 g/mol. The van der Waals surface area contributed by atoms with Crippen molar-refractivity contribution in [1.29, 1.82) is 5.26 Å². The molecule has 12 aromatic rings. The lowest BCUT2D eigenvalue weighted by Gasteiger charge is -2.18. The number of benzene rings is 4. The first-order valence-electron chi connectivity index (χ1n) is 36.9. The number of aliphatic imine (C=N–C) groups is 3. The van der Waals surface area contributed by atoms with Gasteiger partial charge in [-0.3, -0.25) is 33.0 Å². The summed E-state index contributed by atoms with van der Waals surface area (Å²) in [5, 5.41) is 27.2. The molecule has 3 amide bonds. The quantitative estimate of drug-likeness (QED) is 0.0182. The number of thiophene rings is 1. The third-order valence-corrected chi connectivity index (χ3v) is 24.7. The molecule has 8 aromatic heterocycles. The summed E-state index contributed by atoms with van der Waals surface area (Å²) in [5.41, 5.74) is 5.97. The first-order valence-corrected chi connectivity index (χ1v) is 46.7. The zero-order chi connectivity index (χ0) is 93.6. The number of para-hydroxylation sites is 3. The van der Waals surface area contributed by atoms with Crippen LogP contribution in [0, 0.1) is 32.1 Å². The number of amidine groups is 2. The SMILES string of the molecule is CCCCCCCCn1sccc1=O.CCNc1nc(CC)c(C(=O)NC(C#N)c2cccs2)s1.CCOc1nc(C(Cl)(Cl)Cl)ns1.CN=C1SC(=NC(F)(F)F)C(=NC(F)(F)F)N1c1ccc(Cl)cc1.Cc1nc(C(F)(F)F)c(C(=O)Nc2c(Br)cc(OC(F)(F)F)cc2Br)s1.Cc1nc(C)c(C(=O)Nc2ccccc2)s1.c1ccc2[nH]c(-c3cscn3)nc2c1. The maximum atomic E-state index is 13.0. The number of ether oxygens (including phenoxy) is 2. The summed E-state index contributed by atoms with van der Waals surface area (Å²) in [6.45, 7) is 15.3. The Morgan fingerprint density at radius 3 is 1.91 bits per heavy atom. The summed E-state index contributed by atoms with van der Waals surface area (Å²) in [6, 6.07) is 31.5. The van der Waals surface area contributed by atoms with Crippen LogP contribution in [0.3, 0.4) is 0 Å². The lowest BCUT2D eigenvalue weighted by molar-refractivity contribution is -0.274. The third kappa shape index (κ3) is 34.6. The van der Waals surface area contributed by atoms with Crippen LogP contribution in [0.25, 0.3) is 22.6 Å². The van der Waals surface area contributed by atoms with Gasteiger partial charge in [-0.25, -0.2) is 24.9 Å². The van der Waals surface area contributed by atoms with Gasteiger partial charge in [0.25, 0.3) is 32.3 Å². The minimum atomic E-state index is -5.09. The van der Waals surface area contributed by atoms with Crippen molar-refractivity contribution in [2.45, 2.75) is 135 Å². The molecule has 1 fully saturated rings. The van der Waals surface area contributed by atoms with Gasteiger partial charge in [-0.1, -0.05) is 152 Å². The van der Waals surface area contributed by atoms with Gasteiger partial charge >= 0.3 is 25.1 Å². The predicted molar refractivity (Wildman–Crippen MR) is 491 cm³/mol. The van der Waals surface area contributed by atoms with Crippen molar-refractivity contribution >= 4 is 237 Å². The number of fused-ring (bicyclic) bond motifs is 1. The van der Waals surface area contributed by atoms with E-state index in [1.165, 1.54) is 116 Å². The van der Waals surface area contributed by atoms with Crippen LogP contribution in [0.5, 0.6) is 10.9 Å². The Balaban J connectivity index is 0.000000206. The van der Waals surface area contributed by atoms with E-state index in [2.05, 4.69) is 125 Å². The van der Waals surface area contributed by atoms with Crippen molar-refractivity contribution in [3.05, 3.63) is 208 Å². The molecule has 5 N–H and O–H groups in total. The lowest BCUT2D eigenvalue weighted by Crippen LogP contribution is -2.33. The van der Waals surface area contributed by atoms with E-state index in [4.69, 9.17) is 51.1 Å². The van der Waals surface area contributed by atoms with Gasteiger partial charge in [0, 0.05) is 78.7 Å². The van der Waals surface area contributed by atoms with Gasteiger partial charge in [0.15, 0.2) is 44.6 Å². The van der Waals surface area contributed by atoms with Gasteiger partial charge in [-0.15, -0.1) is 84.9 Å². The number of unbranched alkanes of at least 4 members (excludes halogenated alkanes) is 5. The molecule has 127 heavy (non-hydrogen) atoms. The summed E-state index contributed by atoms with van der Waals surface area (Å²) in [6.07, 6.45) is -11.5. The van der Waals surface area contributed by atoms with E-state index in [1.54, 1.807) is 17.4 Å². The second-order valence-corrected chi connectivity index (χ2v) is 37.1. The number of aromatic nitrogens is 9. The molecule has 0 bridgehead atoms. The number of rotatable bonds is 22. The van der Waals surface area contributed by atoms with Crippen molar-refractivity contribution in [2.75, 3.05) is 41.0 Å². The number of nitrogens with one attached hydrogen (secondary N) is 5. The Bertz CT molecular complexity index is 5690. The standard InChI is InChI=1S/C14H16N4OS2.C13H6Br2F6N2O2S.C12H7ClF6N4S.C12H12N2OS.C11H19NOS.C10H7N3S.C5H5Cl3N2OS/c1-3-9-12(21-14(18-9)16-4-2)13(19)17-10(8-15)11-6-5-7-20-11;1-4-22-10(12(16,17)18)9(26-4)11(24)23-8-6(14)2-5(3-7(8)15)25-13(19,20)21;1-20-10-23(7-4-2-6(13)3-5-7)8(21-11(14,15)16)9(24-10)22-12(17,18)19;1-8-11(16-9(2)13-8)12(15)14-10-6-4-3-5-7-10;1-2-3-4-5-6-7-9-12-11(13)8-10-14-12;1-2-4-8-7(3-1)12-10(13-8)9-5-14-6-11-9;1-2-11-4-9-3(10-12-4)5(6,7)8/h5-7,10H,3-4H2,1-2H3,(H,16,18)(H,17,19);2-3H,1H3,(H,23,24);2-5H,1H3;3-7H,1-2H3,(H,14,15);8,10H,2-7,9H2,1H3;1-6H,(H,12,13);2H2,1H3. The van der Waals surface area contributed by atoms with Gasteiger partial charge in [0.05, 0.1) is 56.3 Å². The Morgan fingerprint density at radius 2 is 1.36 bits per heavy atom. The molecular formula is C77H72Br2Cl4F12N18O6S8. The fraction of sp³-hybridized carbons (Fsp3) is 0.312. The number of carbonyl (C=O) groups is 3. The second-order valence-electron chi connectivity index (χ2n) is 25.0. The van der Waals surface area contributed by atoms with Crippen molar-refractivity contribution in [3.8, 4) is 28.5 Å². The summed E-state index contributed by atoms with van der Waals surface area (Å²) in [5.74, 6) is -2.03. The Morgan fingerprint density at radius 1 is 0.717 bits per heavy atom. The minimum Gasteiger partial charge on any atom is -0.469 e. The van der Waals surface area contributed by atoms with Crippen LogP contribution in [0.2, 0.25) is 5.02 Å². The zero-order valence-corrected chi connectivity index (χ0v) is 79.9. The number of carbonyl (C=O) groups excluding carboxylic acids is 3. The van der Waals surface area contributed by atoms with Crippen LogP contribution < -0.4 is 41.2 Å². The van der Waals surface area contributed by atoms with Crippen LogP contribution in [-0.2, 0) is 22.9 Å². The number of thiazole rings is 4. The Kier molecular flexibility index (Phi) is 41.4. The third-order valence-electron chi connectivity index (χ3n) is 15.5. The highest BCUT2D eigenvalue weighted by atomic mass is 79.9. The van der Waals surface area contributed by atoms with E-state index in [0.717, 1.165) is 103 Å². The van der Waals surface area contributed by atoms with Crippen LogP contribution in [0.1, 0.15) is 139 Å². The zero-order valence-electron chi connectivity index (χ0n) is 67.2. The number of alkyl halides is 15. The number of anilines is 4. The van der Waals surface area contributed by atoms with Crippen LogP contribution >= 0.6 is 170 Å². The highest BCUT2D eigenvalue weighted by Crippen LogP contribution is 2.42. The summed E-state index contributed by atoms with van der Waals surface area (Å²) < 4.78 is 164. The van der Waals surface area contributed by atoms with Crippen LogP contribution in [0.4, 0.5) is 74.9 Å². The van der Waals surface area contributed by atoms with E-state index in [0.29, 0.717) is 56.1 Å². The Hall–Kier alpha value is -8.70. The van der Waals surface area contributed by atoms with Gasteiger partial charge in [0.2, 0.25) is 0 Å². The smallest absolute Gasteiger partial charge is 0.469 e. The van der Waals surface area contributed by atoms with Gasteiger partial charge in [-0.2, -0.15) is 37.8 Å². The molecular weight excluding hydrogens is 2060 g/mol. The predicted octanol–water partition coefficient (Wildman–Crippen LogP) is 25.8. The van der Waals surface area contributed by atoms with E-state index >= 15 is 0 Å². The molecule has 24 nitrogen and oxygen atoms in total. The van der Waals surface area contributed by atoms with Crippen molar-refractivity contribution < 1.29 is 76.5 Å². The number of nitrogens with zero attached hydrogens (tertiary/aromatic N) is 13. The molecule has 13 rings (SSSR count). The monoisotopic (exact) mass is 2130 g/mol. The fourth-order valence-corrected chi connectivity index (χ4v) is 18.3. The maximum Gasteiger partial charge on any atom is 0.573 e. The molecule has 1 atom stereocenters. The molecule has 0 saturated carbocycles. The topological polar surface area (TPSA) is 310 Å². The number of imidazole rings is 1. The molecule has 0 aliphatic carbocycles. The summed E-state index contributed by atoms with van der Waals surface area (Å²) in [4.78, 5) is 86.1. The first kappa shape index (κ1) is 105. The molecule has 9 heterocycles. The largest absolute Gasteiger partial charge is 0.573 e. The normalized spacial score (nSPS) is 13.2. The number of H-pyrrole nitrogens is 1. The highest BCUT2D eigenvalue weighted by Gasteiger charge is 2.43. The molecule has 50 heteroatoms. The molecule has 1 aliphatic rings. The number of aryl methyl sites for hydroxylation is 5. The van der Waals surface area contributed by atoms with E-state index in [1.807, 2.05) is 127 Å². The second kappa shape index (κ2) is 49.9. The maximum absolute atomic E-state index is 13.0. The summed E-state index contributed by atoms with van der Waals surface area (Å²) in [7, 11) is 1.23. The molecule has 4 aromatic carbocycles. The van der Waals surface area contributed by atoms with E-state index < -0.39 is 68.1 Å². The highest BCUT2D eigenvalue weighted by molar-refractivity contribution is 9.11. The van der Waals surface area contributed by atoms with Crippen LogP contribution in [0.15, 0.2) is 160 Å². The van der Waals surface area contributed by atoms with Gasteiger partial charge in [0.1, 0.15) is 26.1 Å². The van der Waals surface area contributed by atoms with E-state index in [9.17, 15) is 77.1 Å². The van der Waals surface area contributed by atoms with Gasteiger partial charge in [-0.05, 0) is 163 Å². The molecule has 680 valence electrons. The van der Waals surface area contributed by atoms with Crippen molar-refractivity contribution in [1.82, 2.24) is 48.5 Å². The number of halogens is 18. The molecule has 1 unspecified atom stereocenters. The summed E-state index contributed by atoms with van der Waals surface area (Å²) >= 11 is 37.4. The molecule has 0 radical (unpaired) electrons. The van der Waals surface area contributed by atoms with Crippen LogP contribution in [-0.4, -0.2) is 116 Å². The van der Waals surface area contributed by atoms with Crippen molar-refractivity contribution in [3.63, 3.8) is 0 Å². The lowest BCUT2D eigenvalue weighted by atomic mass is 10.1.